The maximum Gasteiger partial charge on any atom is 0.274 e. The van der Waals surface area contributed by atoms with E-state index in [1.807, 2.05) is 18.7 Å². The van der Waals surface area contributed by atoms with Crippen molar-refractivity contribution < 1.29 is 24.3 Å². The zero-order valence-electron chi connectivity index (χ0n) is 16.1. The normalized spacial score (nSPS) is 25.9. The summed E-state index contributed by atoms with van der Waals surface area (Å²) in [6.45, 7) is 6.78. The first-order chi connectivity index (χ1) is 12.9. The van der Waals surface area contributed by atoms with E-state index in [0.717, 1.165) is 24.8 Å². The van der Waals surface area contributed by atoms with E-state index in [2.05, 4.69) is 6.92 Å². The van der Waals surface area contributed by atoms with Crippen molar-refractivity contribution in [1.82, 2.24) is 10.4 Å². The number of amides is 2. The summed E-state index contributed by atoms with van der Waals surface area (Å²) in [4.78, 5) is 26.6. The van der Waals surface area contributed by atoms with Gasteiger partial charge >= 0.3 is 0 Å². The highest BCUT2D eigenvalue weighted by Gasteiger charge is 2.36. The predicted octanol–water partition coefficient (Wildman–Crippen LogP) is 2.51. The summed E-state index contributed by atoms with van der Waals surface area (Å²) in [7, 11) is 0. The van der Waals surface area contributed by atoms with Crippen LogP contribution in [0.5, 0.6) is 5.75 Å². The second-order valence-corrected chi connectivity index (χ2v) is 7.46. The van der Waals surface area contributed by atoms with E-state index in [4.69, 9.17) is 14.7 Å². The molecule has 27 heavy (non-hydrogen) atoms. The van der Waals surface area contributed by atoms with Gasteiger partial charge in [-0.05, 0) is 38.3 Å². The summed E-state index contributed by atoms with van der Waals surface area (Å²) in [6.07, 6.45) is 3.12. The van der Waals surface area contributed by atoms with Crippen molar-refractivity contribution in [3.05, 3.63) is 29.3 Å². The maximum absolute atomic E-state index is 13.2. The number of hydrogen-bond acceptors (Lipinski definition) is 5. The van der Waals surface area contributed by atoms with Crippen molar-refractivity contribution in [1.29, 1.82) is 0 Å². The first kappa shape index (κ1) is 19.6. The Balaban J connectivity index is 1.76. The molecule has 0 radical (unpaired) electrons. The first-order valence-electron chi connectivity index (χ1n) is 9.60. The Hall–Kier alpha value is -2.12. The molecule has 1 aromatic rings. The van der Waals surface area contributed by atoms with E-state index in [1.165, 1.54) is 0 Å². The Morgan fingerprint density at radius 3 is 2.81 bits per heavy atom. The van der Waals surface area contributed by atoms with Crippen molar-refractivity contribution in [2.75, 3.05) is 6.61 Å². The van der Waals surface area contributed by atoms with E-state index in [0.29, 0.717) is 24.5 Å². The van der Waals surface area contributed by atoms with Gasteiger partial charge < -0.3 is 14.4 Å². The molecule has 4 atom stereocenters. The van der Waals surface area contributed by atoms with Crippen molar-refractivity contribution in [3.63, 3.8) is 0 Å². The van der Waals surface area contributed by atoms with Gasteiger partial charge in [-0.15, -0.1) is 0 Å². The van der Waals surface area contributed by atoms with Crippen LogP contribution in [0.2, 0.25) is 0 Å². The van der Waals surface area contributed by atoms with E-state index in [-0.39, 0.29) is 30.1 Å². The first-order valence-corrected chi connectivity index (χ1v) is 9.60. The average molecular weight is 376 g/mol. The SMILES string of the molecule is CCC1CCC(C(C)C(=O)N2Cc3ccc(C(=O)NO)cc3OC[C@@H]2C)O1. The maximum atomic E-state index is 13.2. The van der Waals surface area contributed by atoms with E-state index >= 15 is 0 Å². The Morgan fingerprint density at radius 1 is 1.37 bits per heavy atom. The molecule has 148 valence electrons. The van der Waals surface area contributed by atoms with Crippen LogP contribution in [0.25, 0.3) is 0 Å². The fourth-order valence-corrected chi connectivity index (χ4v) is 3.78. The molecule has 1 aromatic carbocycles. The van der Waals surface area contributed by atoms with Gasteiger partial charge in [0.25, 0.3) is 5.91 Å². The lowest BCUT2D eigenvalue weighted by atomic mass is 9.99. The molecule has 3 unspecified atom stereocenters. The number of carbonyl (C=O) groups is 2. The molecule has 7 nitrogen and oxygen atoms in total. The molecule has 0 spiro atoms. The number of benzene rings is 1. The molecular formula is C20H28N2O5. The molecule has 0 aromatic heterocycles. The number of nitrogens with zero attached hydrogens (tertiary/aromatic N) is 1. The zero-order chi connectivity index (χ0) is 19.6. The smallest absolute Gasteiger partial charge is 0.274 e. The second-order valence-electron chi connectivity index (χ2n) is 7.46. The van der Waals surface area contributed by atoms with E-state index in [1.54, 1.807) is 23.7 Å². The number of carbonyl (C=O) groups excluding carboxylic acids is 2. The molecule has 2 heterocycles. The summed E-state index contributed by atoms with van der Waals surface area (Å²) < 4.78 is 11.9. The van der Waals surface area contributed by atoms with Crippen LogP contribution in [0.1, 0.15) is 56.0 Å². The standard InChI is InChI=1S/C20H28N2O5/c1-4-16-7-8-17(27-16)13(3)20(24)22-10-15-6-5-14(19(23)21-25)9-18(15)26-11-12(22)2/h5-6,9,12-13,16-17,25H,4,7-8,10-11H2,1-3H3,(H,21,23)/t12-,13?,16?,17?/m0/s1. The Morgan fingerprint density at radius 2 is 2.15 bits per heavy atom. The van der Waals surface area contributed by atoms with Crippen LogP contribution in [-0.4, -0.2) is 46.8 Å². The van der Waals surface area contributed by atoms with E-state index < -0.39 is 5.91 Å². The van der Waals surface area contributed by atoms with E-state index in [9.17, 15) is 9.59 Å². The minimum Gasteiger partial charge on any atom is -0.491 e. The van der Waals surface area contributed by atoms with Gasteiger partial charge in [0.15, 0.2) is 0 Å². The van der Waals surface area contributed by atoms with Crippen molar-refractivity contribution in [3.8, 4) is 5.75 Å². The molecular weight excluding hydrogens is 348 g/mol. The molecule has 0 aliphatic carbocycles. The van der Waals surface area contributed by atoms with Crippen molar-refractivity contribution in [2.45, 2.75) is 64.8 Å². The third-order valence-corrected chi connectivity index (χ3v) is 5.61. The topological polar surface area (TPSA) is 88.1 Å². The molecule has 2 aliphatic rings. The Bertz CT molecular complexity index is 708. The highest BCUT2D eigenvalue weighted by atomic mass is 16.5. The van der Waals surface area contributed by atoms with Crippen LogP contribution < -0.4 is 10.2 Å². The second kappa shape index (κ2) is 8.27. The fourth-order valence-electron chi connectivity index (χ4n) is 3.78. The Labute approximate surface area is 159 Å². The molecule has 2 N–H and O–H groups in total. The fraction of sp³-hybridized carbons (Fsp3) is 0.600. The number of nitrogens with one attached hydrogen (secondary N) is 1. The third-order valence-electron chi connectivity index (χ3n) is 5.61. The van der Waals surface area contributed by atoms with Gasteiger partial charge in [0.2, 0.25) is 5.91 Å². The summed E-state index contributed by atoms with van der Waals surface area (Å²) in [6, 6.07) is 4.88. The summed E-state index contributed by atoms with van der Waals surface area (Å²) in [5, 5.41) is 8.80. The van der Waals surface area contributed by atoms with Gasteiger partial charge in [-0.3, -0.25) is 14.8 Å². The average Bonchev–Trinajstić information content (AvgIpc) is 3.11. The molecule has 2 amide bonds. The number of fused-ring (bicyclic) bond motifs is 1. The monoisotopic (exact) mass is 376 g/mol. The van der Waals surface area contributed by atoms with Crippen LogP contribution in [0.3, 0.4) is 0 Å². The Kier molecular flexibility index (Phi) is 6.01. The van der Waals surface area contributed by atoms with Gasteiger partial charge in [0, 0.05) is 17.7 Å². The lowest BCUT2D eigenvalue weighted by Crippen LogP contribution is -2.45. The number of rotatable bonds is 4. The van der Waals surface area contributed by atoms with Gasteiger partial charge in [-0.25, -0.2) is 5.48 Å². The van der Waals surface area contributed by atoms with Gasteiger partial charge in [0.05, 0.1) is 24.2 Å². The summed E-state index contributed by atoms with van der Waals surface area (Å²) in [5.74, 6) is -0.166. The van der Waals surface area contributed by atoms with Crippen LogP contribution >= 0.6 is 0 Å². The van der Waals surface area contributed by atoms with Crippen LogP contribution in [-0.2, 0) is 16.1 Å². The van der Waals surface area contributed by atoms with Crippen LogP contribution in [0.4, 0.5) is 0 Å². The zero-order valence-corrected chi connectivity index (χ0v) is 16.1. The predicted molar refractivity (Wildman–Crippen MR) is 98.6 cm³/mol. The molecule has 0 bridgehead atoms. The van der Waals surface area contributed by atoms with Crippen LogP contribution in [0, 0.1) is 5.92 Å². The van der Waals surface area contributed by atoms with Crippen molar-refractivity contribution >= 4 is 11.8 Å². The number of hydrogen-bond donors (Lipinski definition) is 2. The van der Waals surface area contributed by atoms with Crippen LogP contribution in [0.15, 0.2) is 18.2 Å². The van der Waals surface area contributed by atoms with Gasteiger partial charge in [0.1, 0.15) is 12.4 Å². The highest BCUT2D eigenvalue weighted by molar-refractivity contribution is 5.93. The molecule has 1 fully saturated rings. The third kappa shape index (κ3) is 4.09. The largest absolute Gasteiger partial charge is 0.491 e. The van der Waals surface area contributed by atoms with Gasteiger partial charge in [-0.2, -0.15) is 0 Å². The minimum atomic E-state index is -0.593. The lowest BCUT2D eigenvalue weighted by Gasteiger charge is -2.31. The number of hydroxylamine groups is 1. The lowest BCUT2D eigenvalue weighted by molar-refractivity contribution is -0.143. The summed E-state index contributed by atoms with van der Waals surface area (Å²) in [5.41, 5.74) is 2.77. The minimum absolute atomic E-state index is 0.0334. The summed E-state index contributed by atoms with van der Waals surface area (Å²) >= 11 is 0. The highest BCUT2D eigenvalue weighted by Crippen LogP contribution is 2.31. The molecule has 7 heteroatoms. The molecule has 2 aliphatic heterocycles. The molecule has 1 saturated heterocycles. The number of ether oxygens (including phenoxy) is 2. The van der Waals surface area contributed by atoms with Gasteiger partial charge in [-0.1, -0.05) is 19.9 Å². The molecule has 3 rings (SSSR count). The quantitative estimate of drug-likeness (QED) is 0.623. The molecule has 0 saturated carbocycles. The van der Waals surface area contributed by atoms with Crippen molar-refractivity contribution in [2.24, 2.45) is 5.92 Å².